The van der Waals surface area contributed by atoms with Crippen LogP contribution in [0.25, 0.3) is 0 Å². The van der Waals surface area contributed by atoms with E-state index in [4.69, 9.17) is 11.6 Å². The SMILES string of the molecule is O=C(CCCCCl)Nc1ccc(=O)[nH]n1. The van der Waals surface area contributed by atoms with E-state index in [2.05, 4.69) is 15.5 Å². The maximum absolute atomic E-state index is 11.3. The number of hydrogen-bond acceptors (Lipinski definition) is 3. The zero-order chi connectivity index (χ0) is 11.1. The van der Waals surface area contributed by atoms with E-state index in [9.17, 15) is 9.59 Å². The van der Waals surface area contributed by atoms with Crippen molar-refractivity contribution < 1.29 is 4.79 Å². The molecule has 0 fully saturated rings. The molecule has 0 spiro atoms. The minimum atomic E-state index is -0.296. The second kappa shape index (κ2) is 6.19. The van der Waals surface area contributed by atoms with Gasteiger partial charge in [-0.25, -0.2) is 5.10 Å². The van der Waals surface area contributed by atoms with Gasteiger partial charge in [-0.05, 0) is 18.9 Å². The Morgan fingerprint density at radius 2 is 2.27 bits per heavy atom. The van der Waals surface area contributed by atoms with E-state index >= 15 is 0 Å². The van der Waals surface area contributed by atoms with E-state index in [0.29, 0.717) is 18.1 Å². The predicted molar refractivity (Wildman–Crippen MR) is 58.1 cm³/mol. The largest absolute Gasteiger partial charge is 0.309 e. The first-order chi connectivity index (χ1) is 7.22. The molecule has 0 aliphatic rings. The standard InChI is InChI=1S/C9H12ClN3O2/c10-6-2-1-3-8(14)11-7-4-5-9(15)13-12-7/h4-5H,1-3,6H2,(H,13,15)(H,11,12,14). The van der Waals surface area contributed by atoms with Gasteiger partial charge in [0.1, 0.15) is 0 Å². The minimum absolute atomic E-state index is 0.125. The summed E-state index contributed by atoms with van der Waals surface area (Å²) in [6, 6.07) is 2.76. The van der Waals surface area contributed by atoms with Gasteiger partial charge in [-0.2, -0.15) is 5.10 Å². The van der Waals surface area contributed by atoms with Crippen molar-refractivity contribution in [2.24, 2.45) is 0 Å². The molecule has 5 nitrogen and oxygen atoms in total. The number of unbranched alkanes of at least 4 members (excludes halogenated alkanes) is 1. The topological polar surface area (TPSA) is 74.8 Å². The summed E-state index contributed by atoms with van der Waals surface area (Å²) in [6.45, 7) is 0. The normalized spacial score (nSPS) is 9.93. The molecule has 0 radical (unpaired) electrons. The predicted octanol–water partition coefficient (Wildman–Crippen LogP) is 1.12. The van der Waals surface area contributed by atoms with Gasteiger partial charge in [-0.15, -0.1) is 11.6 Å². The highest BCUT2D eigenvalue weighted by Gasteiger charge is 2.02. The second-order valence-corrected chi connectivity index (χ2v) is 3.38. The van der Waals surface area contributed by atoms with Crippen LogP contribution in [0.3, 0.4) is 0 Å². The Bertz CT molecular complexity index is 357. The van der Waals surface area contributed by atoms with Crippen molar-refractivity contribution in [3.05, 3.63) is 22.5 Å². The van der Waals surface area contributed by atoms with Gasteiger partial charge in [0.15, 0.2) is 5.82 Å². The van der Waals surface area contributed by atoms with Gasteiger partial charge in [-0.1, -0.05) is 0 Å². The summed E-state index contributed by atoms with van der Waals surface area (Å²) < 4.78 is 0. The number of halogens is 1. The van der Waals surface area contributed by atoms with Crippen molar-refractivity contribution in [2.45, 2.75) is 19.3 Å². The number of amides is 1. The number of aromatic amines is 1. The number of carbonyl (C=O) groups excluding carboxylic acids is 1. The van der Waals surface area contributed by atoms with Crippen molar-refractivity contribution in [3.8, 4) is 0 Å². The van der Waals surface area contributed by atoms with E-state index in [1.54, 1.807) is 0 Å². The molecule has 0 saturated carbocycles. The molecule has 1 amide bonds. The molecule has 0 atom stereocenters. The van der Waals surface area contributed by atoms with Crippen LogP contribution in [-0.4, -0.2) is 22.0 Å². The summed E-state index contributed by atoms with van der Waals surface area (Å²) in [5.41, 5.74) is -0.296. The Hall–Kier alpha value is -1.36. The van der Waals surface area contributed by atoms with Crippen LogP contribution >= 0.6 is 11.6 Å². The number of nitrogens with zero attached hydrogens (tertiary/aromatic N) is 1. The van der Waals surface area contributed by atoms with Gasteiger partial charge in [0, 0.05) is 18.4 Å². The van der Waals surface area contributed by atoms with Crippen molar-refractivity contribution >= 4 is 23.3 Å². The fourth-order valence-corrected chi connectivity index (χ4v) is 1.19. The van der Waals surface area contributed by atoms with Gasteiger partial charge in [0.05, 0.1) is 0 Å². The molecule has 0 aromatic carbocycles. The molecule has 1 aromatic rings. The maximum Gasteiger partial charge on any atom is 0.264 e. The number of rotatable bonds is 5. The molecule has 0 aliphatic carbocycles. The maximum atomic E-state index is 11.3. The molecule has 1 aromatic heterocycles. The summed E-state index contributed by atoms with van der Waals surface area (Å²) in [5.74, 6) is 0.787. The Morgan fingerprint density at radius 3 is 2.87 bits per heavy atom. The molecular formula is C9H12ClN3O2. The summed E-state index contributed by atoms with van der Waals surface area (Å²) in [6.07, 6.45) is 1.97. The lowest BCUT2D eigenvalue weighted by Crippen LogP contribution is -2.15. The Balaban J connectivity index is 2.37. The lowest BCUT2D eigenvalue weighted by Gasteiger charge is -2.02. The minimum Gasteiger partial charge on any atom is -0.309 e. The number of anilines is 1. The van der Waals surface area contributed by atoms with Crippen LogP contribution in [0.1, 0.15) is 19.3 Å². The number of H-pyrrole nitrogens is 1. The number of hydrogen-bond donors (Lipinski definition) is 2. The Morgan fingerprint density at radius 1 is 1.47 bits per heavy atom. The highest BCUT2D eigenvalue weighted by molar-refractivity contribution is 6.17. The average molecular weight is 230 g/mol. The van der Waals surface area contributed by atoms with Gasteiger partial charge >= 0.3 is 0 Å². The molecule has 1 heterocycles. The van der Waals surface area contributed by atoms with E-state index < -0.39 is 0 Å². The molecule has 6 heteroatoms. The molecule has 0 unspecified atom stereocenters. The summed E-state index contributed by atoms with van der Waals surface area (Å²) in [7, 11) is 0. The third-order valence-electron chi connectivity index (χ3n) is 1.73. The van der Waals surface area contributed by atoms with Crippen molar-refractivity contribution in [1.82, 2.24) is 10.2 Å². The Labute approximate surface area is 91.8 Å². The monoisotopic (exact) mass is 229 g/mol. The first kappa shape index (κ1) is 11.7. The van der Waals surface area contributed by atoms with E-state index in [1.807, 2.05) is 0 Å². The second-order valence-electron chi connectivity index (χ2n) is 3.00. The zero-order valence-electron chi connectivity index (χ0n) is 8.12. The summed E-state index contributed by atoms with van der Waals surface area (Å²) >= 11 is 5.48. The quantitative estimate of drug-likeness (QED) is 0.587. The molecule has 1 rings (SSSR count). The summed E-state index contributed by atoms with van der Waals surface area (Å²) in [5, 5.41) is 8.45. The molecule has 0 aliphatic heterocycles. The molecule has 0 saturated heterocycles. The third kappa shape index (κ3) is 4.60. The van der Waals surface area contributed by atoms with Crippen LogP contribution in [0.15, 0.2) is 16.9 Å². The smallest absolute Gasteiger partial charge is 0.264 e. The molecular weight excluding hydrogens is 218 g/mol. The molecule has 15 heavy (non-hydrogen) atoms. The van der Waals surface area contributed by atoms with Crippen molar-refractivity contribution in [1.29, 1.82) is 0 Å². The number of aromatic nitrogens is 2. The van der Waals surface area contributed by atoms with Crippen LogP contribution < -0.4 is 10.9 Å². The van der Waals surface area contributed by atoms with Gasteiger partial charge in [-0.3, -0.25) is 9.59 Å². The van der Waals surface area contributed by atoms with E-state index in [1.165, 1.54) is 12.1 Å². The lowest BCUT2D eigenvalue weighted by atomic mass is 10.2. The van der Waals surface area contributed by atoms with Gasteiger partial charge in [0.2, 0.25) is 5.91 Å². The van der Waals surface area contributed by atoms with Crippen LogP contribution in [0, 0.1) is 0 Å². The van der Waals surface area contributed by atoms with Gasteiger partial charge < -0.3 is 5.32 Å². The van der Waals surface area contributed by atoms with Crippen LogP contribution in [0.4, 0.5) is 5.82 Å². The van der Waals surface area contributed by atoms with Crippen LogP contribution in [0.2, 0.25) is 0 Å². The van der Waals surface area contributed by atoms with E-state index in [0.717, 1.165) is 12.8 Å². The molecule has 82 valence electrons. The fraction of sp³-hybridized carbons (Fsp3) is 0.444. The van der Waals surface area contributed by atoms with Crippen LogP contribution in [-0.2, 0) is 4.79 Å². The first-order valence-electron chi connectivity index (χ1n) is 4.64. The van der Waals surface area contributed by atoms with Crippen molar-refractivity contribution in [2.75, 3.05) is 11.2 Å². The molecule has 2 N–H and O–H groups in total. The highest BCUT2D eigenvalue weighted by atomic mass is 35.5. The number of alkyl halides is 1. The summed E-state index contributed by atoms with van der Waals surface area (Å²) in [4.78, 5) is 22.0. The fourth-order valence-electron chi connectivity index (χ4n) is 0.999. The highest BCUT2D eigenvalue weighted by Crippen LogP contribution is 2.01. The van der Waals surface area contributed by atoms with Gasteiger partial charge in [0.25, 0.3) is 5.56 Å². The number of carbonyl (C=O) groups is 1. The van der Waals surface area contributed by atoms with E-state index in [-0.39, 0.29) is 11.5 Å². The van der Waals surface area contributed by atoms with Crippen LogP contribution in [0.5, 0.6) is 0 Å². The average Bonchev–Trinajstić information content (AvgIpc) is 2.22. The van der Waals surface area contributed by atoms with Crippen molar-refractivity contribution in [3.63, 3.8) is 0 Å². The molecule has 0 bridgehead atoms. The number of nitrogens with one attached hydrogen (secondary N) is 2. The lowest BCUT2D eigenvalue weighted by molar-refractivity contribution is -0.116. The first-order valence-corrected chi connectivity index (χ1v) is 5.17. The Kier molecular flexibility index (Phi) is 4.83. The zero-order valence-corrected chi connectivity index (χ0v) is 8.88. The third-order valence-corrected chi connectivity index (χ3v) is 2.00.